The Morgan fingerprint density at radius 3 is 2.77 bits per heavy atom. The molecule has 2 N–H and O–H groups in total. The zero-order valence-corrected chi connectivity index (χ0v) is 12.4. The number of nitrogens with zero attached hydrogens (tertiary/aromatic N) is 1. The topological polar surface area (TPSA) is 66.0 Å². The maximum Gasteiger partial charge on any atom is 0.337 e. The van der Waals surface area contributed by atoms with E-state index >= 15 is 0 Å². The summed E-state index contributed by atoms with van der Waals surface area (Å²) in [6.07, 6.45) is 3.86. The van der Waals surface area contributed by atoms with Crippen LogP contribution in [0.25, 0.3) is 23.2 Å². The van der Waals surface area contributed by atoms with Crippen LogP contribution in [0.15, 0.2) is 36.4 Å². The second-order valence-electron chi connectivity index (χ2n) is 5.32. The SMILES string of the molecule is Cc1ccc(C)c(C=Cc2nc3cccc(C(=O)O)c3[nH]2)c1. The predicted molar refractivity (Wildman–Crippen MR) is 87.9 cm³/mol. The quantitative estimate of drug-likeness (QED) is 0.765. The monoisotopic (exact) mass is 292 g/mol. The number of aryl methyl sites for hydroxylation is 2. The van der Waals surface area contributed by atoms with Gasteiger partial charge in [0.25, 0.3) is 0 Å². The average molecular weight is 292 g/mol. The highest BCUT2D eigenvalue weighted by atomic mass is 16.4. The summed E-state index contributed by atoms with van der Waals surface area (Å²) in [5.74, 6) is -0.316. The molecule has 3 rings (SSSR count). The van der Waals surface area contributed by atoms with Crippen molar-refractivity contribution in [3.05, 3.63) is 64.5 Å². The first-order valence-electron chi connectivity index (χ1n) is 7.02. The van der Waals surface area contributed by atoms with Crippen LogP contribution in [0.2, 0.25) is 0 Å². The van der Waals surface area contributed by atoms with E-state index in [1.165, 1.54) is 11.1 Å². The molecule has 0 radical (unpaired) electrons. The molecule has 0 bridgehead atoms. The summed E-state index contributed by atoms with van der Waals surface area (Å²) in [5, 5.41) is 9.20. The molecular weight excluding hydrogens is 276 g/mol. The van der Waals surface area contributed by atoms with E-state index in [2.05, 4.69) is 42.0 Å². The molecule has 1 aromatic heterocycles. The highest BCUT2D eigenvalue weighted by Crippen LogP contribution is 2.19. The van der Waals surface area contributed by atoms with Gasteiger partial charge < -0.3 is 10.1 Å². The fraction of sp³-hybridized carbons (Fsp3) is 0.111. The third kappa shape index (κ3) is 2.63. The number of rotatable bonds is 3. The van der Waals surface area contributed by atoms with Crippen molar-refractivity contribution in [1.82, 2.24) is 9.97 Å². The molecule has 0 aliphatic carbocycles. The van der Waals surface area contributed by atoms with Crippen LogP contribution in [0.4, 0.5) is 0 Å². The van der Waals surface area contributed by atoms with Crippen molar-refractivity contribution in [3.8, 4) is 0 Å². The van der Waals surface area contributed by atoms with Crippen molar-refractivity contribution in [1.29, 1.82) is 0 Å². The lowest BCUT2D eigenvalue weighted by molar-refractivity contribution is 0.0699. The Labute approximate surface area is 128 Å². The zero-order valence-electron chi connectivity index (χ0n) is 12.4. The maximum atomic E-state index is 11.2. The first kappa shape index (κ1) is 14.1. The Morgan fingerprint density at radius 1 is 1.18 bits per heavy atom. The molecule has 0 aliphatic heterocycles. The first-order chi connectivity index (χ1) is 10.5. The highest BCUT2D eigenvalue weighted by molar-refractivity contribution is 6.01. The number of aromatic amines is 1. The van der Waals surface area contributed by atoms with E-state index in [9.17, 15) is 9.90 Å². The predicted octanol–water partition coefficient (Wildman–Crippen LogP) is 4.05. The lowest BCUT2D eigenvalue weighted by atomic mass is 10.1. The van der Waals surface area contributed by atoms with Crippen LogP contribution in [0, 0.1) is 13.8 Å². The highest BCUT2D eigenvalue weighted by Gasteiger charge is 2.10. The Balaban J connectivity index is 2.01. The number of aromatic nitrogens is 2. The van der Waals surface area contributed by atoms with E-state index in [1.54, 1.807) is 18.2 Å². The van der Waals surface area contributed by atoms with Gasteiger partial charge in [0.2, 0.25) is 0 Å². The van der Waals surface area contributed by atoms with E-state index < -0.39 is 5.97 Å². The van der Waals surface area contributed by atoms with Crippen LogP contribution in [-0.4, -0.2) is 21.0 Å². The molecule has 1 heterocycles. The number of carbonyl (C=O) groups is 1. The van der Waals surface area contributed by atoms with Gasteiger partial charge >= 0.3 is 5.97 Å². The molecule has 22 heavy (non-hydrogen) atoms. The summed E-state index contributed by atoms with van der Waals surface area (Å²) in [7, 11) is 0. The Morgan fingerprint density at radius 2 is 2.00 bits per heavy atom. The van der Waals surface area contributed by atoms with Crippen molar-refractivity contribution in [2.24, 2.45) is 0 Å². The van der Waals surface area contributed by atoms with Crippen LogP contribution in [0.3, 0.4) is 0 Å². The van der Waals surface area contributed by atoms with Gasteiger partial charge in [-0.25, -0.2) is 9.78 Å². The summed E-state index contributed by atoms with van der Waals surface area (Å²) in [6.45, 7) is 4.11. The number of para-hydroxylation sites is 1. The number of aromatic carboxylic acids is 1. The standard InChI is InChI=1S/C18H16N2O2/c1-11-6-7-12(2)13(10-11)8-9-16-19-15-5-3-4-14(18(21)22)17(15)20-16/h3-10H,1-2H3,(H,19,20)(H,21,22). The Kier molecular flexibility index (Phi) is 3.51. The first-order valence-corrected chi connectivity index (χ1v) is 7.02. The summed E-state index contributed by atoms with van der Waals surface area (Å²) in [6, 6.07) is 11.3. The third-order valence-corrected chi connectivity index (χ3v) is 3.62. The van der Waals surface area contributed by atoms with E-state index in [-0.39, 0.29) is 5.56 Å². The number of hydrogen-bond acceptors (Lipinski definition) is 2. The number of carboxylic acids is 1. The number of benzene rings is 2. The van der Waals surface area contributed by atoms with Crippen LogP contribution >= 0.6 is 0 Å². The van der Waals surface area contributed by atoms with Gasteiger partial charge in [-0.15, -0.1) is 0 Å². The summed E-state index contributed by atoms with van der Waals surface area (Å²) in [4.78, 5) is 18.7. The van der Waals surface area contributed by atoms with Gasteiger partial charge in [-0.3, -0.25) is 0 Å². The van der Waals surface area contributed by atoms with E-state index in [0.717, 1.165) is 5.56 Å². The van der Waals surface area contributed by atoms with Crippen molar-refractivity contribution in [3.63, 3.8) is 0 Å². The van der Waals surface area contributed by atoms with Gasteiger partial charge in [0.1, 0.15) is 5.82 Å². The Hall–Kier alpha value is -2.88. The van der Waals surface area contributed by atoms with Crippen LogP contribution < -0.4 is 0 Å². The molecule has 0 unspecified atom stereocenters. The van der Waals surface area contributed by atoms with Crippen LogP contribution in [0.1, 0.15) is 32.9 Å². The fourth-order valence-corrected chi connectivity index (χ4v) is 2.42. The summed E-state index contributed by atoms with van der Waals surface area (Å²) >= 11 is 0. The van der Waals surface area contributed by atoms with Gasteiger partial charge in [-0.1, -0.05) is 35.9 Å². The van der Waals surface area contributed by atoms with Crippen LogP contribution in [0.5, 0.6) is 0 Å². The number of imidazole rings is 1. The Bertz CT molecular complexity index is 891. The van der Waals surface area contributed by atoms with Gasteiger partial charge in [-0.05, 0) is 43.2 Å². The molecule has 0 spiro atoms. The van der Waals surface area contributed by atoms with Crippen molar-refractivity contribution >= 4 is 29.2 Å². The van der Waals surface area contributed by atoms with E-state index in [0.29, 0.717) is 16.9 Å². The third-order valence-electron chi connectivity index (χ3n) is 3.62. The lowest BCUT2D eigenvalue weighted by Crippen LogP contribution is -1.96. The van der Waals surface area contributed by atoms with Gasteiger partial charge in [-0.2, -0.15) is 0 Å². The normalized spacial score (nSPS) is 11.4. The number of carboxylic acid groups (broad SMARTS) is 1. The van der Waals surface area contributed by atoms with Gasteiger partial charge in [0, 0.05) is 0 Å². The summed E-state index contributed by atoms with van der Waals surface area (Å²) < 4.78 is 0. The fourth-order valence-electron chi connectivity index (χ4n) is 2.42. The van der Waals surface area contributed by atoms with Crippen molar-refractivity contribution < 1.29 is 9.90 Å². The molecule has 0 saturated heterocycles. The second kappa shape index (κ2) is 5.48. The molecule has 2 aromatic carbocycles. The van der Waals surface area contributed by atoms with E-state index in [1.807, 2.05) is 12.2 Å². The minimum Gasteiger partial charge on any atom is -0.478 e. The summed E-state index contributed by atoms with van der Waals surface area (Å²) in [5.41, 5.74) is 4.94. The molecule has 0 atom stereocenters. The largest absolute Gasteiger partial charge is 0.478 e. The molecule has 110 valence electrons. The number of hydrogen-bond donors (Lipinski definition) is 2. The molecular formula is C18H16N2O2. The maximum absolute atomic E-state index is 11.2. The van der Waals surface area contributed by atoms with Crippen LogP contribution in [-0.2, 0) is 0 Å². The number of nitrogens with one attached hydrogen (secondary N) is 1. The number of H-pyrrole nitrogens is 1. The number of fused-ring (bicyclic) bond motifs is 1. The second-order valence-corrected chi connectivity index (χ2v) is 5.32. The lowest BCUT2D eigenvalue weighted by Gasteiger charge is -2.01. The zero-order chi connectivity index (χ0) is 15.7. The molecule has 3 aromatic rings. The van der Waals surface area contributed by atoms with Crippen molar-refractivity contribution in [2.45, 2.75) is 13.8 Å². The molecule has 4 heteroatoms. The smallest absolute Gasteiger partial charge is 0.337 e. The van der Waals surface area contributed by atoms with Crippen molar-refractivity contribution in [2.75, 3.05) is 0 Å². The molecule has 4 nitrogen and oxygen atoms in total. The molecule has 0 fully saturated rings. The molecule has 0 amide bonds. The minimum absolute atomic E-state index is 0.233. The van der Waals surface area contributed by atoms with E-state index in [4.69, 9.17) is 0 Å². The average Bonchev–Trinajstić information content (AvgIpc) is 2.90. The minimum atomic E-state index is -0.959. The van der Waals surface area contributed by atoms with Gasteiger partial charge in [0.05, 0.1) is 16.6 Å². The molecule has 0 saturated carbocycles. The van der Waals surface area contributed by atoms with Gasteiger partial charge in [0.15, 0.2) is 0 Å². The molecule has 0 aliphatic rings.